The van der Waals surface area contributed by atoms with Crippen LogP contribution in [0.2, 0.25) is 0 Å². The van der Waals surface area contributed by atoms with Crippen LogP contribution in [0.15, 0.2) is 58.5 Å². The highest BCUT2D eigenvalue weighted by Gasteiger charge is 2.32. The molecule has 2 N–H and O–H groups in total. The number of H-pyrrole nitrogens is 1. The molecule has 4 rings (SSSR count). The number of nitrogens with zero attached hydrogens (tertiary/aromatic N) is 1. The van der Waals surface area contributed by atoms with Crippen LogP contribution in [-0.4, -0.2) is 22.5 Å². The first-order chi connectivity index (χ1) is 14.5. The fourth-order valence-electron chi connectivity index (χ4n) is 3.69. The third-order valence-electron chi connectivity index (χ3n) is 4.98. The number of hydrogen-bond donors (Lipinski definition) is 2. The topological polar surface area (TPSA) is 84.1 Å². The van der Waals surface area contributed by atoms with E-state index in [1.807, 2.05) is 56.3 Å². The maximum absolute atomic E-state index is 13.0. The number of aromatic nitrogens is 2. The number of benzene rings is 2. The van der Waals surface area contributed by atoms with Crippen molar-refractivity contribution in [1.29, 1.82) is 0 Å². The van der Waals surface area contributed by atoms with Gasteiger partial charge in [0, 0.05) is 23.7 Å². The highest BCUT2D eigenvalue weighted by atomic mass is 32.2. The number of anilines is 1. The summed E-state index contributed by atoms with van der Waals surface area (Å²) in [4.78, 5) is 32.9. The Kier molecular flexibility index (Phi) is 5.90. The van der Waals surface area contributed by atoms with E-state index in [-0.39, 0.29) is 17.9 Å². The lowest BCUT2D eigenvalue weighted by molar-refractivity contribution is -0.116. The quantitative estimate of drug-likeness (QED) is 0.459. The molecule has 0 bridgehead atoms. The van der Waals surface area contributed by atoms with Crippen molar-refractivity contribution < 1.29 is 9.53 Å². The fourth-order valence-corrected chi connectivity index (χ4v) is 4.50. The molecule has 1 atom stereocenters. The Bertz CT molecular complexity index is 1140. The molecule has 0 aliphatic carbocycles. The summed E-state index contributed by atoms with van der Waals surface area (Å²) >= 11 is 1.44. The van der Waals surface area contributed by atoms with Crippen LogP contribution < -0.4 is 15.6 Å². The Morgan fingerprint density at radius 1 is 1.17 bits per heavy atom. The number of carbonyl (C=O) groups excluding carboxylic acids is 1. The molecule has 1 aliphatic rings. The standard InChI is InChI=1S/C23H23N3O3S/c1-3-29-18-10-5-4-9-16(18)17-12-19(27)24-21-20(17)22(28)26-23(25-21)30-13-15-8-6-7-14(2)11-15/h4-11,17H,3,12-13H2,1-2H3,(H2,24,25,26,27,28). The van der Waals surface area contributed by atoms with E-state index in [0.29, 0.717) is 34.6 Å². The first-order valence-corrected chi connectivity index (χ1v) is 10.9. The van der Waals surface area contributed by atoms with Crippen molar-refractivity contribution >= 4 is 23.5 Å². The molecule has 1 unspecified atom stereocenters. The molecule has 0 spiro atoms. The lowest BCUT2D eigenvalue weighted by Crippen LogP contribution is -2.31. The molecule has 1 aliphatic heterocycles. The second-order valence-electron chi connectivity index (χ2n) is 7.19. The molecule has 6 nitrogen and oxygen atoms in total. The number of thioether (sulfide) groups is 1. The van der Waals surface area contributed by atoms with E-state index >= 15 is 0 Å². The van der Waals surface area contributed by atoms with Gasteiger partial charge in [-0.3, -0.25) is 9.59 Å². The van der Waals surface area contributed by atoms with Crippen LogP contribution in [0, 0.1) is 6.92 Å². The maximum atomic E-state index is 13.0. The van der Waals surface area contributed by atoms with E-state index in [4.69, 9.17) is 4.74 Å². The average Bonchev–Trinajstić information content (AvgIpc) is 2.72. The summed E-state index contributed by atoms with van der Waals surface area (Å²) in [6, 6.07) is 15.7. The molecule has 7 heteroatoms. The highest BCUT2D eigenvalue weighted by Crippen LogP contribution is 2.38. The molecule has 30 heavy (non-hydrogen) atoms. The molecule has 0 radical (unpaired) electrons. The molecule has 0 saturated carbocycles. The Morgan fingerprint density at radius 3 is 2.80 bits per heavy atom. The molecule has 2 heterocycles. The van der Waals surface area contributed by atoms with Crippen LogP contribution in [0.1, 0.15) is 41.5 Å². The largest absolute Gasteiger partial charge is 0.494 e. The van der Waals surface area contributed by atoms with Gasteiger partial charge in [0.1, 0.15) is 11.6 Å². The van der Waals surface area contributed by atoms with Gasteiger partial charge < -0.3 is 15.0 Å². The molecule has 0 fully saturated rings. The predicted molar refractivity (Wildman–Crippen MR) is 118 cm³/mol. The molecular weight excluding hydrogens is 398 g/mol. The number of carbonyl (C=O) groups is 1. The second kappa shape index (κ2) is 8.75. The number of para-hydroxylation sites is 1. The minimum absolute atomic E-state index is 0.161. The zero-order valence-electron chi connectivity index (χ0n) is 16.9. The highest BCUT2D eigenvalue weighted by molar-refractivity contribution is 7.98. The summed E-state index contributed by atoms with van der Waals surface area (Å²) in [5, 5.41) is 3.26. The van der Waals surface area contributed by atoms with Gasteiger partial charge in [0.15, 0.2) is 5.16 Å². The zero-order chi connectivity index (χ0) is 21.1. The number of aryl methyl sites for hydroxylation is 1. The van der Waals surface area contributed by atoms with Crippen molar-refractivity contribution in [3.8, 4) is 5.75 Å². The first kappa shape index (κ1) is 20.2. The van der Waals surface area contributed by atoms with Crippen molar-refractivity contribution in [2.75, 3.05) is 11.9 Å². The summed E-state index contributed by atoms with van der Waals surface area (Å²) < 4.78 is 5.73. The van der Waals surface area contributed by atoms with Crippen LogP contribution in [0.4, 0.5) is 5.82 Å². The Labute approximate surface area is 179 Å². The number of aromatic amines is 1. The number of hydrogen-bond acceptors (Lipinski definition) is 5. The molecule has 1 aromatic heterocycles. The van der Waals surface area contributed by atoms with Crippen molar-refractivity contribution in [3.05, 3.63) is 81.1 Å². The predicted octanol–water partition coefficient (Wildman–Crippen LogP) is 4.24. The Morgan fingerprint density at radius 2 is 2.00 bits per heavy atom. The Balaban J connectivity index is 1.67. The first-order valence-electron chi connectivity index (χ1n) is 9.89. The summed E-state index contributed by atoms with van der Waals surface area (Å²) in [6.45, 7) is 4.46. The third-order valence-corrected chi connectivity index (χ3v) is 5.93. The molecule has 154 valence electrons. The minimum Gasteiger partial charge on any atom is -0.494 e. The lowest BCUT2D eigenvalue weighted by Gasteiger charge is -2.26. The number of ether oxygens (including phenoxy) is 1. The summed E-state index contributed by atoms with van der Waals surface area (Å²) in [6.07, 6.45) is 0.178. The summed E-state index contributed by atoms with van der Waals surface area (Å²) in [7, 11) is 0. The van der Waals surface area contributed by atoms with Crippen LogP contribution in [0.5, 0.6) is 5.75 Å². The third kappa shape index (κ3) is 4.26. The van der Waals surface area contributed by atoms with E-state index in [1.54, 1.807) is 0 Å². The Hall–Kier alpha value is -3.06. The van der Waals surface area contributed by atoms with Crippen molar-refractivity contribution in [2.24, 2.45) is 0 Å². The van der Waals surface area contributed by atoms with E-state index in [9.17, 15) is 9.59 Å². The number of rotatable bonds is 6. The van der Waals surface area contributed by atoms with Gasteiger partial charge in [-0.2, -0.15) is 0 Å². The number of fused-ring (bicyclic) bond motifs is 1. The van der Waals surface area contributed by atoms with Gasteiger partial charge in [0.05, 0.1) is 12.2 Å². The zero-order valence-corrected chi connectivity index (χ0v) is 17.7. The minimum atomic E-state index is -0.399. The van der Waals surface area contributed by atoms with Crippen LogP contribution >= 0.6 is 11.8 Å². The van der Waals surface area contributed by atoms with Crippen molar-refractivity contribution in [2.45, 2.75) is 37.1 Å². The van der Waals surface area contributed by atoms with E-state index < -0.39 is 5.92 Å². The van der Waals surface area contributed by atoms with E-state index in [1.165, 1.54) is 17.3 Å². The van der Waals surface area contributed by atoms with Gasteiger partial charge in [0.2, 0.25) is 5.91 Å². The normalized spacial score (nSPS) is 15.4. The van der Waals surface area contributed by atoms with Gasteiger partial charge in [-0.15, -0.1) is 0 Å². The van der Waals surface area contributed by atoms with Crippen molar-refractivity contribution in [3.63, 3.8) is 0 Å². The monoisotopic (exact) mass is 421 g/mol. The van der Waals surface area contributed by atoms with Gasteiger partial charge >= 0.3 is 0 Å². The molecule has 0 saturated heterocycles. The van der Waals surface area contributed by atoms with Crippen molar-refractivity contribution in [1.82, 2.24) is 9.97 Å². The molecular formula is C23H23N3O3S. The second-order valence-corrected chi connectivity index (χ2v) is 8.15. The van der Waals surface area contributed by atoms with Crippen LogP contribution in [0.3, 0.4) is 0 Å². The van der Waals surface area contributed by atoms with Gasteiger partial charge in [0.25, 0.3) is 5.56 Å². The smallest absolute Gasteiger partial charge is 0.257 e. The molecule has 1 amide bonds. The number of nitrogens with one attached hydrogen (secondary N) is 2. The van der Waals surface area contributed by atoms with E-state index in [2.05, 4.69) is 21.4 Å². The van der Waals surface area contributed by atoms with Gasteiger partial charge in [-0.05, 0) is 25.5 Å². The van der Waals surface area contributed by atoms with Gasteiger partial charge in [-0.1, -0.05) is 59.8 Å². The SMILES string of the molecule is CCOc1ccccc1C1CC(=O)Nc2nc(SCc3cccc(C)c3)[nH]c(=O)c21. The van der Waals surface area contributed by atoms with Crippen LogP contribution in [0.25, 0.3) is 0 Å². The number of amides is 1. The maximum Gasteiger partial charge on any atom is 0.257 e. The van der Waals surface area contributed by atoms with Gasteiger partial charge in [-0.25, -0.2) is 4.98 Å². The fraction of sp³-hybridized carbons (Fsp3) is 0.261. The lowest BCUT2D eigenvalue weighted by atomic mass is 9.86. The molecule has 2 aromatic carbocycles. The molecule has 3 aromatic rings. The summed E-state index contributed by atoms with van der Waals surface area (Å²) in [5.74, 6) is 1.13. The van der Waals surface area contributed by atoms with Crippen LogP contribution in [-0.2, 0) is 10.5 Å². The van der Waals surface area contributed by atoms with E-state index in [0.717, 1.165) is 11.1 Å². The summed E-state index contributed by atoms with van der Waals surface area (Å²) in [5.41, 5.74) is 3.39. The average molecular weight is 422 g/mol.